The molecule has 1 aromatic carbocycles. The fourth-order valence-corrected chi connectivity index (χ4v) is 1.91. The molecule has 1 atom stereocenters. The number of hydrogen-bond acceptors (Lipinski definition) is 3. The minimum atomic E-state index is -4.66. The summed E-state index contributed by atoms with van der Waals surface area (Å²) < 4.78 is 41.8. The summed E-state index contributed by atoms with van der Waals surface area (Å²) in [6.45, 7) is 2.58. The lowest BCUT2D eigenvalue weighted by atomic mass is 10.1. The molecule has 0 aliphatic rings. The number of aromatic nitrogens is 2. The highest BCUT2D eigenvalue weighted by molar-refractivity contribution is 5.29. The molecular weight excluding hydrogens is 283 g/mol. The fraction of sp³-hybridized carbons (Fsp3) is 0.357. The third-order valence-corrected chi connectivity index (χ3v) is 2.98. The summed E-state index contributed by atoms with van der Waals surface area (Å²) in [6.07, 6.45) is -0.994. The van der Waals surface area contributed by atoms with Crippen LogP contribution in [-0.4, -0.2) is 16.1 Å². The number of nitrogens with zero attached hydrogens (tertiary/aromatic N) is 2. The van der Waals surface area contributed by atoms with Crippen LogP contribution in [0.15, 0.2) is 36.7 Å². The Balaban J connectivity index is 1.91. The van der Waals surface area contributed by atoms with E-state index in [0.29, 0.717) is 6.54 Å². The quantitative estimate of drug-likeness (QED) is 0.921. The third kappa shape index (κ3) is 4.78. The first-order valence-electron chi connectivity index (χ1n) is 6.40. The summed E-state index contributed by atoms with van der Waals surface area (Å²) in [5, 5.41) is 7.35. The molecule has 0 unspecified atom stereocenters. The highest BCUT2D eigenvalue weighted by Gasteiger charge is 2.30. The van der Waals surface area contributed by atoms with Gasteiger partial charge >= 0.3 is 6.36 Å². The molecule has 0 spiro atoms. The van der Waals surface area contributed by atoms with Gasteiger partial charge < -0.3 is 10.1 Å². The molecule has 21 heavy (non-hydrogen) atoms. The van der Waals surface area contributed by atoms with Crippen LogP contribution >= 0.6 is 0 Å². The van der Waals surface area contributed by atoms with Gasteiger partial charge in [-0.05, 0) is 24.6 Å². The third-order valence-electron chi connectivity index (χ3n) is 2.98. The van der Waals surface area contributed by atoms with Crippen LogP contribution in [0.1, 0.15) is 24.1 Å². The Morgan fingerprint density at radius 3 is 2.48 bits per heavy atom. The lowest BCUT2D eigenvalue weighted by molar-refractivity contribution is -0.274. The topological polar surface area (TPSA) is 39.1 Å². The number of halogens is 3. The fourth-order valence-electron chi connectivity index (χ4n) is 1.91. The van der Waals surface area contributed by atoms with Crippen molar-refractivity contribution >= 4 is 0 Å². The molecule has 0 saturated carbocycles. The van der Waals surface area contributed by atoms with E-state index in [2.05, 4.69) is 15.2 Å². The molecule has 7 heteroatoms. The van der Waals surface area contributed by atoms with E-state index in [0.717, 1.165) is 11.1 Å². The SMILES string of the molecule is C[C@H](NCc1cnn(C)c1)c1ccc(OC(F)(F)F)cc1. The molecule has 0 aliphatic heterocycles. The standard InChI is InChI=1S/C14H16F3N3O/c1-10(18-7-11-8-19-20(2)9-11)12-3-5-13(6-4-12)21-14(15,16)17/h3-6,8-10,18H,7H2,1-2H3/t10-/m0/s1. The Morgan fingerprint density at radius 2 is 1.95 bits per heavy atom. The Morgan fingerprint density at radius 1 is 1.29 bits per heavy atom. The van der Waals surface area contributed by atoms with E-state index in [-0.39, 0.29) is 11.8 Å². The molecule has 0 radical (unpaired) electrons. The summed E-state index contributed by atoms with van der Waals surface area (Å²) >= 11 is 0. The van der Waals surface area contributed by atoms with Gasteiger partial charge in [-0.15, -0.1) is 13.2 Å². The Labute approximate surface area is 120 Å². The van der Waals surface area contributed by atoms with Gasteiger partial charge in [0.05, 0.1) is 6.20 Å². The van der Waals surface area contributed by atoms with E-state index in [9.17, 15) is 13.2 Å². The molecule has 0 amide bonds. The van der Waals surface area contributed by atoms with Crippen LogP contribution < -0.4 is 10.1 Å². The number of ether oxygens (including phenoxy) is 1. The van der Waals surface area contributed by atoms with Crippen molar-refractivity contribution in [3.05, 3.63) is 47.8 Å². The van der Waals surface area contributed by atoms with Gasteiger partial charge in [0.2, 0.25) is 0 Å². The second-order valence-electron chi connectivity index (χ2n) is 4.74. The maximum Gasteiger partial charge on any atom is 0.573 e. The maximum atomic E-state index is 12.1. The number of alkyl halides is 3. The van der Waals surface area contributed by atoms with E-state index < -0.39 is 6.36 Å². The average molecular weight is 299 g/mol. The average Bonchev–Trinajstić information content (AvgIpc) is 2.81. The number of hydrogen-bond donors (Lipinski definition) is 1. The molecular formula is C14H16F3N3O. The molecule has 0 bridgehead atoms. The molecule has 0 fully saturated rings. The largest absolute Gasteiger partial charge is 0.573 e. The molecule has 2 rings (SSSR count). The highest BCUT2D eigenvalue weighted by Crippen LogP contribution is 2.24. The maximum absolute atomic E-state index is 12.1. The molecule has 4 nitrogen and oxygen atoms in total. The lowest BCUT2D eigenvalue weighted by Gasteiger charge is -2.15. The van der Waals surface area contributed by atoms with Gasteiger partial charge in [0.15, 0.2) is 0 Å². The van der Waals surface area contributed by atoms with E-state index >= 15 is 0 Å². The second kappa shape index (κ2) is 6.17. The Bertz CT molecular complexity index is 578. The molecule has 0 saturated heterocycles. The van der Waals surface area contributed by atoms with Crippen LogP contribution in [-0.2, 0) is 13.6 Å². The second-order valence-corrected chi connectivity index (χ2v) is 4.74. The number of benzene rings is 1. The van der Waals surface area contributed by atoms with Crippen molar-refractivity contribution in [3.8, 4) is 5.75 Å². The molecule has 114 valence electrons. The van der Waals surface area contributed by atoms with E-state index in [4.69, 9.17) is 0 Å². The van der Waals surface area contributed by atoms with Crippen LogP contribution in [0.2, 0.25) is 0 Å². The smallest absolute Gasteiger partial charge is 0.406 e. The van der Waals surface area contributed by atoms with Gasteiger partial charge in [-0.2, -0.15) is 5.10 Å². The zero-order valence-electron chi connectivity index (χ0n) is 11.7. The minimum Gasteiger partial charge on any atom is -0.406 e. The van der Waals surface area contributed by atoms with Crippen LogP contribution in [0.3, 0.4) is 0 Å². The van der Waals surface area contributed by atoms with Crippen molar-refractivity contribution in [2.24, 2.45) is 7.05 Å². The predicted molar refractivity (Wildman–Crippen MR) is 71.6 cm³/mol. The lowest BCUT2D eigenvalue weighted by Crippen LogP contribution is -2.18. The van der Waals surface area contributed by atoms with E-state index in [1.807, 2.05) is 20.2 Å². The van der Waals surface area contributed by atoms with Crippen molar-refractivity contribution in [1.82, 2.24) is 15.1 Å². The molecule has 1 aromatic heterocycles. The van der Waals surface area contributed by atoms with Gasteiger partial charge in [0.25, 0.3) is 0 Å². The molecule has 1 N–H and O–H groups in total. The van der Waals surface area contributed by atoms with Gasteiger partial charge in [0.1, 0.15) is 5.75 Å². The number of aryl methyl sites for hydroxylation is 1. The molecule has 0 aliphatic carbocycles. The predicted octanol–water partition coefficient (Wildman–Crippen LogP) is 3.17. The number of rotatable bonds is 5. The summed E-state index contributed by atoms with van der Waals surface area (Å²) in [5.74, 6) is -0.217. The van der Waals surface area contributed by atoms with Crippen molar-refractivity contribution in [1.29, 1.82) is 0 Å². The van der Waals surface area contributed by atoms with Gasteiger partial charge in [0, 0.05) is 31.4 Å². The zero-order valence-corrected chi connectivity index (χ0v) is 11.7. The Kier molecular flexibility index (Phi) is 4.52. The van der Waals surface area contributed by atoms with Crippen LogP contribution in [0.5, 0.6) is 5.75 Å². The first kappa shape index (κ1) is 15.4. The van der Waals surface area contributed by atoms with Crippen molar-refractivity contribution < 1.29 is 17.9 Å². The zero-order chi connectivity index (χ0) is 15.5. The molecule has 1 heterocycles. The first-order valence-corrected chi connectivity index (χ1v) is 6.40. The summed E-state index contributed by atoms with van der Waals surface area (Å²) in [4.78, 5) is 0. The van der Waals surface area contributed by atoms with Gasteiger partial charge in [-0.25, -0.2) is 0 Å². The van der Waals surface area contributed by atoms with E-state index in [1.54, 1.807) is 23.0 Å². The van der Waals surface area contributed by atoms with Gasteiger partial charge in [-0.3, -0.25) is 4.68 Å². The van der Waals surface area contributed by atoms with Crippen molar-refractivity contribution in [2.45, 2.75) is 25.9 Å². The summed E-state index contributed by atoms with van der Waals surface area (Å²) in [5.41, 5.74) is 1.93. The monoisotopic (exact) mass is 299 g/mol. The van der Waals surface area contributed by atoms with Crippen LogP contribution in [0.4, 0.5) is 13.2 Å². The highest BCUT2D eigenvalue weighted by atomic mass is 19.4. The van der Waals surface area contributed by atoms with Gasteiger partial charge in [-0.1, -0.05) is 12.1 Å². The Hall–Kier alpha value is -2.02. The summed E-state index contributed by atoms with van der Waals surface area (Å²) in [7, 11) is 1.84. The van der Waals surface area contributed by atoms with Crippen LogP contribution in [0.25, 0.3) is 0 Å². The molecule has 2 aromatic rings. The first-order chi connectivity index (χ1) is 9.83. The minimum absolute atomic E-state index is 0.00476. The van der Waals surface area contributed by atoms with Crippen molar-refractivity contribution in [3.63, 3.8) is 0 Å². The normalized spacial score (nSPS) is 13.2. The van der Waals surface area contributed by atoms with Crippen LogP contribution in [0, 0.1) is 0 Å². The number of nitrogens with one attached hydrogen (secondary N) is 1. The van der Waals surface area contributed by atoms with Crippen molar-refractivity contribution in [2.75, 3.05) is 0 Å². The van der Waals surface area contributed by atoms with E-state index in [1.165, 1.54) is 12.1 Å². The summed E-state index contributed by atoms with van der Waals surface area (Å²) in [6, 6.07) is 5.85.